The Balaban J connectivity index is 5.34. The van der Waals surface area contributed by atoms with Crippen molar-refractivity contribution in [1.82, 2.24) is 0 Å². The monoisotopic (exact) mass is 278 g/mol. The van der Waals surface area contributed by atoms with Crippen LogP contribution in [0.3, 0.4) is 0 Å². The first kappa shape index (κ1) is 15.6. The van der Waals surface area contributed by atoms with Gasteiger partial charge < -0.3 is 0 Å². The van der Waals surface area contributed by atoms with Crippen LogP contribution in [0.25, 0.3) is 0 Å². The second kappa shape index (κ2) is 4.11. The van der Waals surface area contributed by atoms with Crippen LogP contribution < -0.4 is 0 Å². The van der Waals surface area contributed by atoms with Crippen molar-refractivity contribution in [2.24, 2.45) is 0 Å². The smallest absolute Gasteiger partial charge is 0.200 e. The highest BCUT2D eigenvalue weighted by molar-refractivity contribution is 6.08. The summed E-state index contributed by atoms with van der Waals surface area (Å²) in [5.41, 5.74) is 0. The lowest BCUT2D eigenvalue weighted by atomic mass is 10.0. The average molecular weight is 278 g/mol. The van der Waals surface area contributed by atoms with Crippen LogP contribution in [0.2, 0.25) is 6.04 Å². The first-order valence-electron chi connectivity index (χ1n) is 4.01. The Morgan fingerprint density at radius 3 is 1.31 bits per heavy atom. The molecule has 0 aliphatic heterocycles. The van der Waals surface area contributed by atoms with Crippen molar-refractivity contribution in [3.05, 3.63) is 0 Å². The van der Waals surface area contributed by atoms with Gasteiger partial charge in [0.15, 0.2) is 0 Å². The molecule has 0 rings (SSSR count). The van der Waals surface area contributed by atoms with Crippen LogP contribution in [0.5, 0.6) is 0 Å². The maximum Gasteiger partial charge on any atom is 0.460 e. The minimum atomic E-state index is -6.75. The summed E-state index contributed by atoms with van der Waals surface area (Å²) in [6, 6.07) is -0.517. The quantitative estimate of drug-likeness (QED) is 0.548. The van der Waals surface area contributed by atoms with Gasteiger partial charge in [0.05, 0.1) is 0 Å². The molecule has 0 atom stereocenters. The van der Waals surface area contributed by atoms with E-state index in [0.29, 0.717) is 0 Å². The number of hydrogen-bond acceptors (Lipinski definition) is 0. The predicted molar refractivity (Wildman–Crippen MR) is 40.3 cm³/mol. The highest BCUT2D eigenvalue weighted by Gasteiger charge is 2.81. The number of halogens is 9. The van der Waals surface area contributed by atoms with Crippen LogP contribution >= 0.6 is 0 Å². The van der Waals surface area contributed by atoms with E-state index < -0.39 is 36.4 Å². The van der Waals surface area contributed by atoms with Crippen LogP contribution in [0, 0.1) is 0 Å². The molecule has 0 aliphatic rings. The minimum absolute atomic E-state index is 0.00982. The van der Waals surface area contributed by atoms with Gasteiger partial charge in [0.2, 0.25) is 0 Å². The molecule has 0 aromatic heterocycles. The molecule has 0 aromatic carbocycles. The van der Waals surface area contributed by atoms with Gasteiger partial charge in [-0.05, 0) is 0 Å². The highest BCUT2D eigenvalue weighted by Crippen LogP contribution is 2.54. The molecule has 98 valence electrons. The van der Waals surface area contributed by atoms with Gasteiger partial charge in [0.25, 0.3) is 0 Å². The highest BCUT2D eigenvalue weighted by atomic mass is 28.1. The molecule has 0 radical (unpaired) electrons. The fraction of sp³-hybridized carbons (Fsp3) is 1.00. The molecular formula is C6H7F9Si. The Bertz CT molecular complexity index is 243. The Kier molecular flexibility index (Phi) is 4.01. The molecule has 0 aliphatic carbocycles. The summed E-state index contributed by atoms with van der Waals surface area (Å²) < 4.78 is 109. The Labute approximate surface area is 87.2 Å². The standard InChI is InChI=1S/C6H7F9Si/c7-3(8,1-2-16)4(9,10)5(11,12)6(13,14)15/h1-2H2,16H3. The van der Waals surface area contributed by atoms with Gasteiger partial charge in [-0.2, -0.15) is 39.5 Å². The number of rotatable bonds is 4. The van der Waals surface area contributed by atoms with Crippen molar-refractivity contribution < 1.29 is 39.5 Å². The van der Waals surface area contributed by atoms with E-state index in [9.17, 15) is 39.5 Å². The Hall–Kier alpha value is -0.413. The fourth-order valence-corrected chi connectivity index (χ4v) is 1.51. The molecule has 0 nitrogen and oxygen atoms in total. The Morgan fingerprint density at radius 1 is 0.688 bits per heavy atom. The third-order valence-corrected chi connectivity index (χ3v) is 2.27. The molecule has 0 saturated heterocycles. The molecular weight excluding hydrogens is 271 g/mol. The molecule has 16 heavy (non-hydrogen) atoms. The molecule has 0 aromatic rings. The van der Waals surface area contributed by atoms with Crippen molar-refractivity contribution in [2.45, 2.75) is 36.4 Å². The molecule has 0 fully saturated rings. The lowest BCUT2D eigenvalue weighted by molar-refractivity contribution is -0.396. The third kappa shape index (κ3) is 2.30. The van der Waals surface area contributed by atoms with Gasteiger partial charge in [-0.3, -0.25) is 0 Å². The largest absolute Gasteiger partial charge is 0.460 e. The van der Waals surface area contributed by atoms with E-state index in [4.69, 9.17) is 0 Å². The SMILES string of the molecule is FC(F)(F)C(F)(F)C(F)(F)C(F)(F)CC[SiH3]. The summed E-state index contributed by atoms with van der Waals surface area (Å²) in [5.74, 6) is -18.6. The van der Waals surface area contributed by atoms with E-state index in [1.54, 1.807) is 0 Å². The van der Waals surface area contributed by atoms with Gasteiger partial charge in [-0.25, -0.2) is 0 Å². The van der Waals surface area contributed by atoms with Gasteiger partial charge in [-0.15, -0.1) is 0 Å². The van der Waals surface area contributed by atoms with Crippen LogP contribution in [-0.2, 0) is 0 Å². The zero-order chi connectivity index (χ0) is 13.4. The van der Waals surface area contributed by atoms with E-state index in [1.807, 2.05) is 0 Å². The number of alkyl halides is 9. The van der Waals surface area contributed by atoms with Crippen molar-refractivity contribution in [3.63, 3.8) is 0 Å². The van der Waals surface area contributed by atoms with Crippen LogP contribution in [0.1, 0.15) is 6.42 Å². The van der Waals surface area contributed by atoms with E-state index >= 15 is 0 Å². The lowest BCUT2D eigenvalue weighted by Gasteiger charge is -2.33. The van der Waals surface area contributed by atoms with E-state index in [-0.39, 0.29) is 10.2 Å². The molecule has 0 amide bonds. The first-order chi connectivity index (χ1) is 6.81. The maximum atomic E-state index is 12.5. The van der Waals surface area contributed by atoms with Crippen LogP contribution in [0.4, 0.5) is 39.5 Å². The lowest BCUT2D eigenvalue weighted by Crippen LogP contribution is -2.60. The second-order valence-electron chi connectivity index (χ2n) is 3.10. The van der Waals surface area contributed by atoms with Gasteiger partial charge in [-0.1, -0.05) is 6.04 Å². The third-order valence-electron chi connectivity index (χ3n) is 1.77. The molecule has 0 N–H and O–H groups in total. The van der Waals surface area contributed by atoms with E-state index in [1.165, 1.54) is 0 Å². The van der Waals surface area contributed by atoms with Crippen molar-refractivity contribution >= 4 is 10.2 Å². The summed E-state index contributed by atoms with van der Waals surface area (Å²) >= 11 is 0. The molecule has 0 saturated carbocycles. The predicted octanol–water partition coefficient (Wildman–Crippen LogP) is 2.63. The normalized spacial score (nSPS) is 15.6. The summed E-state index contributed by atoms with van der Waals surface area (Å²) in [4.78, 5) is 0. The zero-order valence-electron chi connectivity index (χ0n) is 7.82. The summed E-state index contributed by atoms with van der Waals surface area (Å²) in [6.07, 6.45) is -8.41. The molecule has 10 heteroatoms. The van der Waals surface area contributed by atoms with Gasteiger partial charge in [0.1, 0.15) is 0 Å². The molecule has 0 bridgehead atoms. The van der Waals surface area contributed by atoms with Crippen molar-refractivity contribution in [1.29, 1.82) is 0 Å². The second-order valence-corrected chi connectivity index (χ2v) is 4.10. The summed E-state index contributed by atoms with van der Waals surface area (Å²) in [5, 5.41) is 0. The molecule has 0 heterocycles. The van der Waals surface area contributed by atoms with E-state index in [0.717, 1.165) is 0 Å². The fourth-order valence-electron chi connectivity index (χ4n) is 0.879. The summed E-state index contributed by atoms with van der Waals surface area (Å²) in [7, 11) is -0.00982. The Morgan fingerprint density at radius 2 is 1.06 bits per heavy atom. The van der Waals surface area contributed by atoms with Gasteiger partial charge >= 0.3 is 23.9 Å². The van der Waals surface area contributed by atoms with Gasteiger partial charge in [0, 0.05) is 16.7 Å². The average Bonchev–Trinajstić information content (AvgIpc) is 2.01. The summed E-state index contributed by atoms with van der Waals surface area (Å²) in [6.45, 7) is 0. The topological polar surface area (TPSA) is 0 Å². The maximum absolute atomic E-state index is 12.5. The van der Waals surface area contributed by atoms with E-state index in [2.05, 4.69) is 0 Å². The van der Waals surface area contributed by atoms with Crippen LogP contribution in [0.15, 0.2) is 0 Å². The zero-order valence-corrected chi connectivity index (χ0v) is 9.82. The van der Waals surface area contributed by atoms with Crippen molar-refractivity contribution in [2.75, 3.05) is 0 Å². The van der Waals surface area contributed by atoms with Crippen LogP contribution in [-0.4, -0.2) is 34.2 Å². The molecule has 0 unspecified atom stereocenters. The minimum Gasteiger partial charge on any atom is -0.200 e. The molecule has 0 spiro atoms. The number of hydrogen-bond donors (Lipinski definition) is 0. The first-order valence-corrected chi connectivity index (χ1v) is 5.43. The van der Waals surface area contributed by atoms with Crippen molar-refractivity contribution in [3.8, 4) is 0 Å².